The van der Waals surface area contributed by atoms with E-state index in [1.54, 1.807) is 6.20 Å². The molecular formula is C17H25N5. The zero-order valence-electron chi connectivity index (χ0n) is 13.6. The average Bonchev–Trinajstić information content (AvgIpc) is 2.99. The standard InChI is InChI=1S/C17H25N5/c1-4-18-17(19-9-11-22-10-5-8-21-22)20-13-16-7-6-14(2)12-15(16)3/h5-8,10,12H,4,9,11,13H2,1-3H3,(H2,18,19,20). The van der Waals surface area contributed by atoms with E-state index in [1.807, 2.05) is 16.9 Å². The Hall–Kier alpha value is -2.30. The number of nitrogens with zero attached hydrogens (tertiary/aromatic N) is 3. The molecule has 0 atom stereocenters. The van der Waals surface area contributed by atoms with Gasteiger partial charge in [-0.2, -0.15) is 5.10 Å². The molecule has 2 rings (SSSR count). The molecule has 0 unspecified atom stereocenters. The van der Waals surface area contributed by atoms with E-state index in [0.29, 0.717) is 6.54 Å². The lowest BCUT2D eigenvalue weighted by Gasteiger charge is -2.12. The van der Waals surface area contributed by atoms with E-state index in [9.17, 15) is 0 Å². The highest BCUT2D eigenvalue weighted by Gasteiger charge is 2.00. The van der Waals surface area contributed by atoms with Gasteiger partial charge in [-0.05, 0) is 38.0 Å². The summed E-state index contributed by atoms with van der Waals surface area (Å²) in [4.78, 5) is 4.66. The second-order valence-corrected chi connectivity index (χ2v) is 5.32. The molecule has 0 aliphatic heterocycles. The first-order valence-corrected chi connectivity index (χ1v) is 7.74. The first-order chi connectivity index (χ1) is 10.7. The number of aliphatic imine (C=N–C) groups is 1. The van der Waals surface area contributed by atoms with Gasteiger partial charge in [0.15, 0.2) is 5.96 Å². The van der Waals surface area contributed by atoms with E-state index in [-0.39, 0.29) is 0 Å². The fourth-order valence-electron chi connectivity index (χ4n) is 2.25. The van der Waals surface area contributed by atoms with Gasteiger partial charge in [-0.1, -0.05) is 23.8 Å². The lowest BCUT2D eigenvalue weighted by Crippen LogP contribution is -2.38. The maximum Gasteiger partial charge on any atom is 0.191 e. The van der Waals surface area contributed by atoms with Crippen LogP contribution in [0, 0.1) is 13.8 Å². The van der Waals surface area contributed by atoms with Crippen LogP contribution < -0.4 is 10.6 Å². The van der Waals surface area contributed by atoms with Crippen LogP contribution in [0.5, 0.6) is 0 Å². The SMILES string of the molecule is CCNC(=NCc1ccc(C)cc1C)NCCn1cccn1. The van der Waals surface area contributed by atoms with Crippen molar-refractivity contribution in [3.8, 4) is 0 Å². The van der Waals surface area contributed by atoms with Gasteiger partial charge in [0.25, 0.3) is 0 Å². The molecule has 118 valence electrons. The smallest absolute Gasteiger partial charge is 0.191 e. The van der Waals surface area contributed by atoms with E-state index in [0.717, 1.165) is 25.6 Å². The van der Waals surface area contributed by atoms with Crippen LogP contribution in [0.1, 0.15) is 23.6 Å². The largest absolute Gasteiger partial charge is 0.357 e. The molecule has 0 saturated heterocycles. The van der Waals surface area contributed by atoms with Crippen molar-refractivity contribution in [2.75, 3.05) is 13.1 Å². The van der Waals surface area contributed by atoms with E-state index in [4.69, 9.17) is 0 Å². The number of guanidine groups is 1. The van der Waals surface area contributed by atoms with Crippen LogP contribution in [-0.4, -0.2) is 28.8 Å². The van der Waals surface area contributed by atoms with Crippen molar-refractivity contribution in [2.45, 2.75) is 33.9 Å². The molecule has 5 nitrogen and oxygen atoms in total. The van der Waals surface area contributed by atoms with Crippen LogP contribution >= 0.6 is 0 Å². The molecule has 2 aromatic rings. The minimum absolute atomic E-state index is 0.684. The van der Waals surface area contributed by atoms with E-state index < -0.39 is 0 Å². The highest BCUT2D eigenvalue weighted by molar-refractivity contribution is 5.79. The van der Waals surface area contributed by atoms with Gasteiger partial charge >= 0.3 is 0 Å². The maximum atomic E-state index is 4.66. The van der Waals surface area contributed by atoms with Crippen LogP contribution in [0.15, 0.2) is 41.7 Å². The van der Waals surface area contributed by atoms with Crippen LogP contribution in [0.4, 0.5) is 0 Å². The monoisotopic (exact) mass is 299 g/mol. The van der Waals surface area contributed by atoms with Crippen LogP contribution in [0.3, 0.4) is 0 Å². The number of aromatic nitrogens is 2. The third kappa shape index (κ3) is 4.91. The summed E-state index contributed by atoms with van der Waals surface area (Å²) >= 11 is 0. The summed E-state index contributed by atoms with van der Waals surface area (Å²) in [7, 11) is 0. The fourth-order valence-corrected chi connectivity index (χ4v) is 2.25. The Morgan fingerprint density at radius 1 is 1.27 bits per heavy atom. The normalized spacial score (nSPS) is 11.5. The van der Waals surface area contributed by atoms with Gasteiger partial charge in [0.2, 0.25) is 0 Å². The summed E-state index contributed by atoms with van der Waals surface area (Å²) in [5.74, 6) is 0.842. The Balaban J connectivity index is 1.91. The van der Waals surface area contributed by atoms with Crippen molar-refractivity contribution in [3.05, 3.63) is 53.3 Å². The number of rotatable bonds is 6. The second-order valence-electron chi connectivity index (χ2n) is 5.32. The Labute approximate surface area is 132 Å². The molecule has 1 heterocycles. The van der Waals surface area contributed by atoms with Crippen LogP contribution in [0.25, 0.3) is 0 Å². The number of hydrogen-bond donors (Lipinski definition) is 2. The van der Waals surface area contributed by atoms with Crippen molar-refractivity contribution < 1.29 is 0 Å². The van der Waals surface area contributed by atoms with Crippen molar-refractivity contribution in [1.82, 2.24) is 20.4 Å². The lowest BCUT2D eigenvalue weighted by atomic mass is 10.1. The molecule has 1 aromatic heterocycles. The second kappa shape index (κ2) is 8.22. The maximum absolute atomic E-state index is 4.66. The highest BCUT2D eigenvalue weighted by atomic mass is 15.3. The molecule has 22 heavy (non-hydrogen) atoms. The topological polar surface area (TPSA) is 54.2 Å². The van der Waals surface area contributed by atoms with Gasteiger partial charge in [-0.3, -0.25) is 4.68 Å². The average molecular weight is 299 g/mol. The zero-order valence-corrected chi connectivity index (χ0v) is 13.6. The molecule has 0 radical (unpaired) electrons. The molecule has 0 aliphatic carbocycles. The molecule has 0 spiro atoms. The lowest BCUT2D eigenvalue weighted by molar-refractivity contribution is 0.598. The van der Waals surface area contributed by atoms with Crippen LogP contribution in [-0.2, 0) is 13.1 Å². The summed E-state index contributed by atoms with van der Waals surface area (Å²) in [6.45, 7) is 9.46. The summed E-state index contributed by atoms with van der Waals surface area (Å²) in [5.41, 5.74) is 3.83. The fraction of sp³-hybridized carbons (Fsp3) is 0.412. The molecule has 1 aromatic carbocycles. The van der Waals surface area contributed by atoms with Gasteiger partial charge < -0.3 is 10.6 Å². The van der Waals surface area contributed by atoms with Crippen molar-refractivity contribution in [2.24, 2.45) is 4.99 Å². The zero-order chi connectivity index (χ0) is 15.8. The summed E-state index contributed by atoms with van der Waals surface area (Å²) in [6, 6.07) is 8.42. The molecule has 0 amide bonds. The molecule has 0 saturated carbocycles. The summed E-state index contributed by atoms with van der Waals surface area (Å²) in [5, 5.41) is 10.8. The minimum Gasteiger partial charge on any atom is -0.357 e. The number of aryl methyl sites for hydroxylation is 2. The Morgan fingerprint density at radius 3 is 2.82 bits per heavy atom. The van der Waals surface area contributed by atoms with Gasteiger partial charge in [0, 0.05) is 25.5 Å². The number of nitrogens with one attached hydrogen (secondary N) is 2. The first kappa shape index (κ1) is 16.1. The van der Waals surface area contributed by atoms with Crippen molar-refractivity contribution >= 4 is 5.96 Å². The van der Waals surface area contributed by atoms with Gasteiger partial charge in [0.1, 0.15) is 0 Å². The van der Waals surface area contributed by atoms with Crippen molar-refractivity contribution in [3.63, 3.8) is 0 Å². The predicted molar refractivity (Wildman–Crippen MR) is 91.0 cm³/mol. The van der Waals surface area contributed by atoms with E-state index in [1.165, 1.54) is 16.7 Å². The van der Waals surface area contributed by atoms with E-state index >= 15 is 0 Å². The third-order valence-corrected chi connectivity index (χ3v) is 3.44. The number of benzene rings is 1. The molecular weight excluding hydrogens is 274 g/mol. The van der Waals surface area contributed by atoms with Gasteiger partial charge in [-0.15, -0.1) is 0 Å². The molecule has 0 bridgehead atoms. The quantitative estimate of drug-likeness (QED) is 0.635. The molecule has 0 aliphatic rings. The third-order valence-electron chi connectivity index (χ3n) is 3.44. The van der Waals surface area contributed by atoms with Crippen molar-refractivity contribution in [1.29, 1.82) is 0 Å². The molecule has 0 fully saturated rings. The number of hydrogen-bond acceptors (Lipinski definition) is 2. The molecule has 5 heteroatoms. The van der Waals surface area contributed by atoms with E-state index in [2.05, 4.69) is 59.7 Å². The Kier molecular flexibility index (Phi) is 6.01. The van der Waals surface area contributed by atoms with Gasteiger partial charge in [0.05, 0.1) is 13.1 Å². The van der Waals surface area contributed by atoms with Gasteiger partial charge in [-0.25, -0.2) is 4.99 Å². The first-order valence-electron chi connectivity index (χ1n) is 7.74. The predicted octanol–water partition coefficient (Wildman–Crippen LogP) is 2.26. The Bertz CT molecular complexity index is 602. The highest BCUT2D eigenvalue weighted by Crippen LogP contribution is 2.11. The molecule has 2 N–H and O–H groups in total. The van der Waals surface area contributed by atoms with Crippen LogP contribution in [0.2, 0.25) is 0 Å². The summed E-state index contributed by atoms with van der Waals surface area (Å²) in [6.07, 6.45) is 3.75. The minimum atomic E-state index is 0.684. The Morgan fingerprint density at radius 2 is 2.14 bits per heavy atom. The summed E-state index contributed by atoms with van der Waals surface area (Å²) < 4.78 is 1.90.